The fraction of sp³-hybridized carbons (Fsp3) is 0.389. The Morgan fingerprint density at radius 3 is 2.85 bits per heavy atom. The largest absolute Gasteiger partial charge is 0.480 e. The van der Waals surface area contributed by atoms with Crippen molar-refractivity contribution in [1.29, 1.82) is 0 Å². The summed E-state index contributed by atoms with van der Waals surface area (Å²) in [5.74, 6) is 0.0330. The van der Waals surface area contributed by atoms with Crippen LogP contribution >= 0.6 is 0 Å². The zero-order chi connectivity index (χ0) is 18.3. The molecule has 1 amide bonds. The quantitative estimate of drug-likeness (QED) is 0.833. The molecule has 1 aromatic carbocycles. The highest BCUT2D eigenvalue weighted by atomic mass is 19.1. The average Bonchev–Trinajstić information content (AvgIpc) is 3.10. The van der Waals surface area contributed by atoms with Gasteiger partial charge in [-0.15, -0.1) is 0 Å². The van der Waals surface area contributed by atoms with Crippen LogP contribution < -0.4 is 16.0 Å². The summed E-state index contributed by atoms with van der Waals surface area (Å²) in [5, 5.41) is 0. The van der Waals surface area contributed by atoms with Gasteiger partial charge in [0.1, 0.15) is 11.6 Å². The van der Waals surface area contributed by atoms with Gasteiger partial charge in [0.05, 0.1) is 0 Å². The van der Waals surface area contributed by atoms with Gasteiger partial charge in [0.2, 0.25) is 0 Å². The molecule has 1 aromatic heterocycles. The van der Waals surface area contributed by atoms with Crippen LogP contribution in [0.15, 0.2) is 33.9 Å². The molecule has 0 saturated carbocycles. The van der Waals surface area contributed by atoms with Crippen LogP contribution in [-0.2, 0) is 11.2 Å². The number of fused-ring (bicyclic) bond motifs is 1. The van der Waals surface area contributed by atoms with Crippen LogP contribution in [0.3, 0.4) is 0 Å². The summed E-state index contributed by atoms with van der Waals surface area (Å²) < 4.78 is 19.0. The lowest BCUT2D eigenvalue weighted by molar-refractivity contribution is -0.138. The van der Waals surface area contributed by atoms with Gasteiger partial charge < -0.3 is 14.6 Å². The Bertz CT molecular complexity index is 939. The molecule has 0 radical (unpaired) electrons. The number of nitrogens with one attached hydrogen (secondary N) is 2. The summed E-state index contributed by atoms with van der Waals surface area (Å²) in [6, 6.07) is 5.67. The Morgan fingerprint density at radius 2 is 2.04 bits per heavy atom. The van der Waals surface area contributed by atoms with E-state index >= 15 is 0 Å². The van der Waals surface area contributed by atoms with Gasteiger partial charge in [-0.1, -0.05) is 0 Å². The molecule has 1 fully saturated rings. The molecular weight excluding hydrogens is 341 g/mol. The molecule has 8 heteroatoms. The van der Waals surface area contributed by atoms with Crippen LogP contribution in [0.5, 0.6) is 5.75 Å². The highest BCUT2D eigenvalue weighted by molar-refractivity contribution is 5.82. The molecule has 26 heavy (non-hydrogen) atoms. The first-order chi connectivity index (χ1) is 12.5. The molecule has 2 unspecified atom stereocenters. The van der Waals surface area contributed by atoms with E-state index in [4.69, 9.17) is 4.74 Å². The molecule has 136 valence electrons. The molecular formula is C18H18FN3O4. The van der Waals surface area contributed by atoms with Crippen molar-refractivity contribution >= 4 is 5.91 Å². The Balaban J connectivity index is 1.46. The molecule has 2 aromatic rings. The van der Waals surface area contributed by atoms with Crippen molar-refractivity contribution in [2.75, 3.05) is 13.1 Å². The van der Waals surface area contributed by atoms with Crippen molar-refractivity contribution in [3.63, 3.8) is 0 Å². The van der Waals surface area contributed by atoms with E-state index in [0.717, 1.165) is 5.56 Å². The first-order valence-corrected chi connectivity index (χ1v) is 8.57. The van der Waals surface area contributed by atoms with Crippen molar-refractivity contribution in [2.24, 2.45) is 0 Å². The summed E-state index contributed by atoms with van der Waals surface area (Å²) >= 11 is 0. The van der Waals surface area contributed by atoms with E-state index in [0.29, 0.717) is 43.8 Å². The van der Waals surface area contributed by atoms with Gasteiger partial charge in [0, 0.05) is 30.8 Å². The third-order valence-electron chi connectivity index (χ3n) is 4.96. The lowest BCUT2D eigenvalue weighted by atomic mass is 10.0. The summed E-state index contributed by atoms with van der Waals surface area (Å²) in [6.45, 7) is 0.961. The predicted octanol–water partition coefficient (Wildman–Crippen LogP) is 0.912. The third kappa shape index (κ3) is 3.14. The van der Waals surface area contributed by atoms with Crippen LogP contribution in [0.2, 0.25) is 0 Å². The Morgan fingerprint density at radius 1 is 1.19 bits per heavy atom. The fourth-order valence-corrected chi connectivity index (χ4v) is 3.66. The number of aryl methyl sites for hydroxylation is 1. The summed E-state index contributed by atoms with van der Waals surface area (Å²) in [4.78, 5) is 42.1. The van der Waals surface area contributed by atoms with Crippen LogP contribution in [0.1, 0.15) is 30.0 Å². The number of halogens is 1. The summed E-state index contributed by atoms with van der Waals surface area (Å²) in [6.07, 6.45) is 1.16. The standard InChI is InChI=1S/C18H18FN3O4/c19-12-2-4-14-10(7-12)1-3-15(26-14)17(24)22-6-5-11(9-22)13-8-16(23)21-18(25)20-13/h2,4,7-8,11,15H,1,3,5-6,9H2,(H2,20,21,23,25). The second kappa shape index (κ2) is 6.44. The molecule has 2 aliphatic rings. The predicted molar refractivity (Wildman–Crippen MR) is 90.8 cm³/mol. The molecule has 0 spiro atoms. The first kappa shape index (κ1) is 16.6. The second-order valence-electron chi connectivity index (χ2n) is 6.71. The average molecular weight is 359 g/mol. The molecule has 2 atom stereocenters. The minimum atomic E-state index is -0.593. The minimum Gasteiger partial charge on any atom is -0.480 e. The normalized spacial score (nSPS) is 22.0. The molecule has 0 aliphatic carbocycles. The first-order valence-electron chi connectivity index (χ1n) is 8.57. The monoisotopic (exact) mass is 359 g/mol. The number of benzene rings is 1. The molecule has 2 aliphatic heterocycles. The Hall–Kier alpha value is -2.90. The third-order valence-corrected chi connectivity index (χ3v) is 4.96. The number of aromatic nitrogens is 2. The lowest BCUT2D eigenvalue weighted by Crippen LogP contribution is -2.42. The number of H-pyrrole nitrogens is 2. The van der Waals surface area contributed by atoms with Gasteiger partial charge >= 0.3 is 5.69 Å². The van der Waals surface area contributed by atoms with Gasteiger partial charge in [0.25, 0.3) is 11.5 Å². The lowest BCUT2D eigenvalue weighted by Gasteiger charge is -2.28. The van der Waals surface area contributed by atoms with Gasteiger partial charge in [-0.05, 0) is 43.0 Å². The van der Waals surface area contributed by atoms with E-state index < -0.39 is 17.4 Å². The van der Waals surface area contributed by atoms with E-state index in [1.54, 1.807) is 11.0 Å². The smallest absolute Gasteiger partial charge is 0.325 e. The Kier molecular flexibility index (Phi) is 4.10. The molecule has 7 nitrogen and oxygen atoms in total. The molecule has 3 heterocycles. The van der Waals surface area contributed by atoms with E-state index in [1.165, 1.54) is 18.2 Å². The number of carbonyl (C=O) groups excluding carboxylic acids is 1. The number of likely N-dealkylation sites (tertiary alicyclic amines) is 1. The maximum atomic E-state index is 13.3. The molecule has 1 saturated heterocycles. The summed E-state index contributed by atoms with van der Waals surface area (Å²) in [5.41, 5.74) is 0.318. The second-order valence-corrected chi connectivity index (χ2v) is 6.71. The number of carbonyl (C=O) groups is 1. The SMILES string of the molecule is O=C(C1CCc2cc(F)ccc2O1)N1CCC(c2cc(=O)[nH]c(=O)[nH]2)C1. The van der Waals surface area contributed by atoms with Crippen molar-refractivity contribution in [1.82, 2.24) is 14.9 Å². The zero-order valence-electron chi connectivity index (χ0n) is 14.0. The van der Waals surface area contributed by atoms with E-state index in [1.807, 2.05) is 0 Å². The van der Waals surface area contributed by atoms with Crippen molar-refractivity contribution in [3.05, 3.63) is 62.2 Å². The fourth-order valence-electron chi connectivity index (χ4n) is 3.66. The van der Waals surface area contributed by atoms with E-state index in [2.05, 4.69) is 9.97 Å². The number of amides is 1. The van der Waals surface area contributed by atoms with E-state index in [9.17, 15) is 18.8 Å². The zero-order valence-corrected chi connectivity index (χ0v) is 14.0. The van der Waals surface area contributed by atoms with Crippen molar-refractivity contribution < 1.29 is 13.9 Å². The Labute approximate surface area is 147 Å². The van der Waals surface area contributed by atoms with Gasteiger partial charge in [0.15, 0.2) is 6.10 Å². The number of nitrogens with zero attached hydrogens (tertiary/aromatic N) is 1. The number of aromatic amines is 2. The number of hydrogen-bond donors (Lipinski definition) is 2. The topological polar surface area (TPSA) is 95.3 Å². The van der Waals surface area contributed by atoms with Gasteiger partial charge in [-0.2, -0.15) is 0 Å². The van der Waals surface area contributed by atoms with Gasteiger partial charge in [-0.25, -0.2) is 9.18 Å². The number of hydrogen-bond acceptors (Lipinski definition) is 4. The molecule has 2 N–H and O–H groups in total. The van der Waals surface area contributed by atoms with Crippen molar-refractivity contribution in [2.45, 2.75) is 31.3 Å². The number of rotatable bonds is 2. The van der Waals surface area contributed by atoms with Crippen LogP contribution in [0.25, 0.3) is 0 Å². The van der Waals surface area contributed by atoms with E-state index in [-0.39, 0.29) is 17.6 Å². The van der Waals surface area contributed by atoms with Gasteiger partial charge in [-0.3, -0.25) is 14.6 Å². The molecule has 4 rings (SSSR count). The molecule has 0 bridgehead atoms. The highest BCUT2D eigenvalue weighted by Crippen LogP contribution is 2.31. The maximum Gasteiger partial charge on any atom is 0.325 e. The van der Waals surface area contributed by atoms with Crippen LogP contribution in [0.4, 0.5) is 4.39 Å². The maximum absolute atomic E-state index is 13.3. The van der Waals surface area contributed by atoms with Crippen LogP contribution in [0, 0.1) is 5.82 Å². The minimum absolute atomic E-state index is 0.0843. The van der Waals surface area contributed by atoms with Crippen molar-refractivity contribution in [3.8, 4) is 5.75 Å². The number of ether oxygens (including phenoxy) is 1. The highest BCUT2D eigenvalue weighted by Gasteiger charge is 2.35. The summed E-state index contributed by atoms with van der Waals surface area (Å²) in [7, 11) is 0. The van der Waals surface area contributed by atoms with Crippen LogP contribution in [-0.4, -0.2) is 40.0 Å².